The third-order valence-electron chi connectivity index (χ3n) is 1.79. The number of nitrogens with two attached hydrogens (primary N) is 1. The quantitative estimate of drug-likeness (QED) is 0.577. The molecule has 0 rings (SSSR count). The second-order valence-corrected chi connectivity index (χ2v) is 5.10. The van der Waals surface area contributed by atoms with E-state index in [1.807, 2.05) is 0 Å². The van der Waals surface area contributed by atoms with Crippen LogP contribution in [0.3, 0.4) is 0 Å². The summed E-state index contributed by atoms with van der Waals surface area (Å²) in [7, 11) is 0. The van der Waals surface area contributed by atoms with Crippen molar-refractivity contribution in [3.63, 3.8) is 0 Å². The Balaban J connectivity index is 3.35. The maximum Gasteiger partial charge on any atom is 0.367 e. The minimum atomic E-state index is -0.785. The first-order valence-corrected chi connectivity index (χ1v) is 5.96. The highest BCUT2D eigenvalue weighted by atomic mass is 27.2. The molecule has 0 aromatic rings. The van der Waals surface area contributed by atoms with Gasteiger partial charge in [0.15, 0.2) is 0 Å². The molecule has 0 aliphatic rings. The van der Waals surface area contributed by atoms with Crippen LogP contribution in [0.25, 0.3) is 0 Å². The van der Waals surface area contributed by atoms with E-state index in [-0.39, 0.29) is 0 Å². The standard InChI is InChI=1S/C5H11.CH3.Al.H2N/c1-3-5-4-2;;;/h5H,3-4H2,1-2H3;1H3;;1H2/q;;+1;-1. The Morgan fingerprint density at radius 2 is 1.75 bits per heavy atom. The molecule has 0 radical (unpaired) electrons. The molecule has 2 N–H and O–H groups in total. The third-order valence-corrected chi connectivity index (χ3v) is 4.22. The van der Waals surface area contributed by atoms with E-state index in [9.17, 15) is 0 Å². The van der Waals surface area contributed by atoms with Crippen molar-refractivity contribution in [3.05, 3.63) is 0 Å². The summed E-state index contributed by atoms with van der Waals surface area (Å²) in [6.45, 7) is 4.45. The summed E-state index contributed by atoms with van der Waals surface area (Å²) in [6.07, 6.45) is 2.56. The molecule has 0 fully saturated rings. The summed E-state index contributed by atoms with van der Waals surface area (Å²) < 4.78 is 6.67. The topological polar surface area (TPSA) is 26.0 Å². The molecular weight excluding hydrogens is 113 g/mol. The molecule has 0 bridgehead atoms. The molecule has 8 heavy (non-hydrogen) atoms. The van der Waals surface area contributed by atoms with E-state index < -0.39 is 14.4 Å². The summed E-state index contributed by atoms with van der Waals surface area (Å²) >= 11 is -0.785. The fourth-order valence-electron chi connectivity index (χ4n) is 1.03. The molecule has 0 aromatic carbocycles. The minimum Gasteiger partial charge on any atom is -0.413 e. The molecule has 1 nitrogen and oxygen atoms in total. The molecule has 0 aliphatic heterocycles. The smallest absolute Gasteiger partial charge is 0.367 e. The van der Waals surface area contributed by atoms with Crippen LogP contribution in [0.5, 0.6) is 0 Å². The Morgan fingerprint density at radius 1 is 1.38 bits per heavy atom. The summed E-state index contributed by atoms with van der Waals surface area (Å²) in [5.74, 6) is 2.22. The maximum atomic E-state index is 5.80. The Morgan fingerprint density at radius 3 is 1.75 bits per heavy atom. The van der Waals surface area contributed by atoms with Crippen LogP contribution in [-0.4, -0.2) is 14.4 Å². The summed E-state index contributed by atoms with van der Waals surface area (Å²) in [5, 5.41) is 0. The van der Waals surface area contributed by atoms with Gasteiger partial charge in [-0.05, 0) is 0 Å². The molecule has 0 amide bonds. The predicted molar refractivity (Wildman–Crippen MR) is 40.1 cm³/mol. The van der Waals surface area contributed by atoms with Crippen molar-refractivity contribution in [1.82, 2.24) is 0 Å². The van der Waals surface area contributed by atoms with E-state index in [2.05, 4.69) is 19.6 Å². The van der Waals surface area contributed by atoms with Gasteiger partial charge in [0, 0.05) is 0 Å². The highest BCUT2D eigenvalue weighted by Gasteiger charge is 2.14. The van der Waals surface area contributed by atoms with Gasteiger partial charge in [-0.15, -0.1) is 0 Å². The average Bonchev–Trinajstić information content (AvgIpc) is 1.69. The van der Waals surface area contributed by atoms with Gasteiger partial charge < -0.3 is 4.72 Å². The lowest BCUT2D eigenvalue weighted by Crippen LogP contribution is -2.26. The van der Waals surface area contributed by atoms with Crippen molar-refractivity contribution >= 4 is 14.4 Å². The fraction of sp³-hybridized carbons (Fsp3) is 1.00. The first-order valence-electron chi connectivity index (χ1n) is 3.47. The van der Waals surface area contributed by atoms with Crippen LogP contribution in [0, 0.1) is 0 Å². The normalized spacial score (nSPS) is 10.1. The van der Waals surface area contributed by atoms with E-state index in [1.54, 1.807) is 0 Å². The molecule has 48 valence electrons. The van der Waals surface area contributed by atoms with Crippen molar-refractivity contribution in [2.24, 2.45) is 4.72 Å². The third kappa shape index (κ3) is 2.72. The van der Waals surface area contributed by atoms with Gasteiger partial charge in [-0.2, -0.15) is 0 Å². The van der Waals surface area contributed by atoms with E-state index in [4.69, 9.17) is 4.72 Å². The first kappa shape index (κ1) is 8.49. The van der Waals surface area contributed by atoms with Crippen LogP contribution >= 0.6 is 0 Å². The lowest BCUT2D eigenvalue weighted by Gasteiger charge is -2.10. The zero-order valence-electron chi connectivity index (χ0n) is 6.15. The van der Waals surface area contributed by atoms with E-state index >= 15 is 0 Å². The van der Waals surface area contributed by atoms with Crippen LogP contribution in [0.1, 0.15) is 26.7 Å². The molecule has 0 saturated carbocycles. The van der Waals surface area contributed by atoms with Crippen molar-refractivity contribution in [2.45, 2.75) is 37.3 Å². The van der Waals surface area contributed by atoms with Crippen LogP contribution in [-0.2, 0) is 0 Å². The zero-order valence-corrected chi connectivity index (χ0v) is 7.30. The second kappa shape index (κ2) is 4.38. The Labute approximate surface area is 56.9 Å². The summed E-state index contributed by atoms with van der Waals surface area (Å²) in [6, 6.07) is 0. The number of hydrogen-bond donors (Lipinski definition) is 1. The van der Waals surface area contributed by atoms with E-state index in [1.165, 1.54) is 12.8 Å². The molecular formula is C6H16AlN. The lowest BCUT2D eigenvalue weighted by atomic mass is 10.3. The minimum absolute atomic E-state index is 0.785. The van der Waals surface area contributed by atoms with Gasteiger partial charge >= 0.3 is 14.4 Å². The van der Waals surface area contributed by atoms with Crippen molar-refractivity contribution in [1.29, 1.82) is 0 Å². The highest BCUT2D eigenvalue weighted by molar-refractivity contribution is 6.55. The Kier molecular flexibility index (Phi) is 4.65. The van der Waals surface area contributed by atoms with Crippen LogP contribution in [0.4, 0.5) is 0 Å². The molecule has 0 aliphatic carbocycles. The second-order valence-electron chi connectivity index (χ2n) is 2.44. The molecule has 0 unspecified atom stereocenters. The summed E-state index contributed by atoms with van der Waals surface area (Å²) in [4.78, 5) is 0. The first-order chi connectivity index (χ1) is 3.72. The van der Waals surface area contributed by atoms with Gasteiger partial charge in [0.2, 0.25) is 0 Å². The molecule has 0 spiro atoms. The predicted octanol–water partition coefficient (Wildman–Crippen LogP) is 1.76. The maximum absolute atomic E-state index is 5.80. The SMILES string of the molecule is CC[CH](CC)[Al]([CH3])[NH2]. The molecule has 0 saturated heterocycles. The van der Waals surface area contributed by atoms with Gasteiger partial charge in [0.1, 0.15) is 0 Å². The monoisotopic (exact) mass is 129 g/mol. The van der Waals surface area contributed by atoms with Gasteiger partial charge in [-0.25, -0.2) is 0 Å². The van der Waals surface area contributed by atoms with Crippen molar-refractivity contribution in [2.75, 3.05) is 0 Å². The molecule has 0 heterocycles. The molecule has 0 atom stereocenters. The lowest BCUT2D eigenvalue weighted by molar-refractivity contribution is 0.748. The fourth-order valence-corrected chi connectivity index (χ4v) is 2.52. The van der Waals surface area contributed by atoms with Crippen molar-refractivity contribution < 1.29 is 0 Å². The van der Waals surface area contributed by atoms with Crippen LogP contribution in [0.2, 0.25) is 10.6 Å². The highest BCUT2D eigenvalue weighted by Crippen LogP contribution is 2.15. The Hall–Kier alpha value is 0.492. The Bertz CT molecular complexity index is 50.5. The largest absolute Gasteiger partial charge is 0.413 e. The van der Waals surface area contributed by atoms with E-state index in [0.29, 0.717) is 0 Å². The van der Waals surface area contributed by atoms with Gasteiger partial charge in [-0.3, -0.25) is 0 Å². The van der Waals surface area contributed by atoms with Gasteiger partial charge in [0.05, 0.1) is 0 Å². The number of hydrogen-bond acceptors (Lipinski definition) is 1. The van der Waals surface area contributed by atoms with Crippen LogP contribution < -0.4 is 4.72 Å². The number of rotatable bonds is 3. The molecule has 2 heteroatoms. The summed E-state index contributed by atoms with van der Waals surface area (Å²) in [5.41, 5.74) is 0. The zero-order chi connectivity index (χ0) is 6.57. The van der Waals surface area contributed by atoms with Gasteiger partial charge in [-0.1, -0.05) is 37.3 Å². The average molecular weight is 129 g/mol. The molecule has 0 aromatic heterocycles. The van der Waals surface area contributed by atoms with E-state index in [0.717, 1.165) is 4.78 Å². The van der Waals surface area contributed by atoms with Crippen LogP contribution in [0.15, 0.2) is 0 Å². The van der Waals surface area contributed by atoms with Crippen molar-refractivity contribution in [3.8, 4) is 0 Å². The van der Waals surface area contributed by atoms with Gasteiger partial charge in [0.25, 0.3) is 0 Å².